The SMILES string of the molecule is CC[C@@H]1OCC[C@H]1OC(=O)c1ccc([N+](=O)[O-])cc1. The fraction of sp³-hybridized carbons (Fsp3) is 0.462. The van der Waals surface area contributed by atoms with E-state index in [1.807, 2.05) is 6.92 Å². The Labute approximate surface area is 110 Å². The summed E-state index contributed by atoms with van der Waals surface area (Å²) in [6.45, 7) is 2.57. The third-order valence-corrected chi connectivity index (χ3v) is 3.12. The predicted molar refractivity (Wildman–Crippen MR) is 66.9 cm³/mol. The number of hydrogen-bond donors (Lipinski definition) is 0. The van der Waals surface area contributed by atoms with Gasteiger partial charge in [0.25, 0.3) is 5.69 Å². The van der Waals surface area contributed by atoms with Gasteiger partial charge in [-0.1, -0.05) is 6.92 Å². The van der Waals surface area contributed by atoms with Crippen molar-refractivity contribution in [1.29, 1.82) is 0 Å². The molecule has 0 unspecified atom stereocenters. The molecular weight excluding hydrogens is 250 g/mol. The molecule has 2 rings (SSSR count). The monoisotopic (exact) mass is 265 g/mol. The number of hydrogen-bond acceptors (Lipinski definition) is 5. The number of carbonyl (C=O) groups excluding carboxylic acids is 1. The van der Waals surface area contributed by atoms with Gasteiger partial charge in [0.05, 0.1) is 23.2 Å². The smallest absolute Gasteiger partial charge is 0.338 e. The number of ether oxygens (including phenoxy) is 2. The zero-order valence-corrected chi connectivity index (χ0v) is 10.6. The second-order valence-corrected chi connectivity index (χ2v) is 4.35. The normalized spacial score (nSPS) is 22.2. The highest BCUT2D eigenvalue weighted by Gasteiger charge is 2.30. The minimum Gasteiger partial charge on any atom is -0.456 e. The first-order valence-electron chi connectivity index (χ1n) is 6.19. The second kappa shape index (κ2) is 5.79. The lowest BCUT2D eigenvalue weighted by Gasteiger charge is -2.17. The first-order chi connectivity index (χ1) is 9.11. The van der Waals surface area contributed by atoms with Crippen LogP contribution in [0.15, 0.2) is 24.3 Å². The molecule has 0 saturated carbocycles. The summed E-state index contributed by atoms with van der Waals surface area (Å²) < 4.78 is 10.8. The van der Waals surface area contributed by atoms with Crippen LogP contribution < -0.4 is 0 Å². The lowest BCUT2D eigenvalue weighted by molar-refractivity contribution is -0.384. The van der Waals surface area contributed by atoms with Crippen molar-refractivity contribution in [2.45, 2.75) is 32.0 Å². The number of nitro benzene ring substituents is 1. The summed E-state index contributed by atoms with van der Waals surface area (Å²) in [6.07, 6.45) is 1.20. The number of rotatable bonds is 4. The summed E-state index contributed by atoms with van der Waals surface area (Å²) in [5.41, 5.74) is 0.263. The Hall–Kier alpha value is -1.95. The fourth-order valence-electron chi connectivity index (χ4n) is 2.07. The Bertz CT molecular complexity index is 470. The number of non-ortho nitro benzene ring substituents is 1. The van der Waals surface area contributed by atoms with Crippen molar-refractivity contribution in [2.75, 3.05) is 6.61 Å². The summed E-state index contributed by atoms with van der Waals surface area (Å²) in [5.74, 6) is -0.469. The van der Waals surface area contributed by atoms with E-state index >= 15 is 0 Å². The van der Waals surface area contributed by atoms with Gasteiger partial charge in [-0.25, -0.2) is 4.79 Å². The Morgan fingerprint density at radius 2 is 2.16 bits per heavy atom. The summed E-state index contributed by atoms with van der Waals surface area (Å²) >= 11 is 0. The maximum absolute atomic E-state index is 11.9. The van der Waals surface area contributed by atoms with E-state index in [1.165, 1.54) is 24.3 Å². The highest BCUT2D eigenvalue weighted by molar-refractivity contribution is 5.89. The van der Waals surface area contributed by atoms with Gasteiger partial charge < -0.3 is 9.47 Å². The van der Waals surface area contributed by atoms with Gasteiger partial charge in [0.1, 0.15) is 6.10 Å². The first kappa shape index (κ1) is 13.5. The molecule has 1 aromatic rings. The molecule has 0 aromatic heterocycles. The average Bonchev–Trinajstić information content (AvgIpc) is 2.86. The van der Waals surface area contributed by atoms with Crippen molar-refractivity contribution in [3.8, 4) is 0 Å². The van der Waals surface area contributed by atoms with Crippen molar-refractivity contribution in [2.24, 2.45) is 0 Å². The molecule has 19 heavy (non-hydrogen) atoms. The first-order valence-corrected chi connectivity index (χ1v) is 6.19. The quantitative estimate of drug-likeness (QED) is 0.474. The van der Waals surface area contributed by atoms with Crippen molar-refractivity contribution in [1.82, 2.24) is 0 Å². The molecular formula is C13H15NO5. The van der Waals surface area contributed by atoms with Crippen molar-refractivity contribution < 1.29 is 19.2 Å². The van der Waals surface area contributed by atoms with Crippen LogP contribution in [0.25, 0.3) is 0 Å². The van der Waals surface area contributed by atoms with E-state index in [-0.39, 0.29) is 17.9 Å². The van der Waals surface area contributed by atoms with Crippen LogP contribution in [0.5, 0.6) is 0 Å². The highest BCUT2D eigenvalue weighted by Crippen LogP contribution is 2.21. The average molecular weight is 265 g/mol. The van der Waals surface area contributed by atoms with Crippen molar-refractivity contribution in [3.05, 3.63) is 39.9 Å². The van der Waals surface area contributed by atoms with E-state index < -0.39 is 10.9 Å². The molecule has 0 N–H and O–H groups in total. The molecule has 0 aliphatic carbocycles. The third-order valence-electron chi connectivity index (χ3n) is 3.12. The van der Waals surface area contributed by atoms with Gasteiger partial charge in [0, 0.05) is 18.6 Å². The second-order valence-electron chi connectivity index (χ2n) is 4.35. The Morgan fingerprint density at radius 1 is 1.47 bits per heavy atom. The highest BCUT2D eigenvalue weighted by atomic mass is 16.6. The predicted octanol–water partition coefficient (Wildman–Crippen LogP) is 2.32. The lowest BCUT2D eigenvalue weighted by atomic mass is 10.1. The van der Waals surface area contributed by atoms with Gasteiger partial charge in [-0.05, 0) is 18.6 Å². The van der Waals surface area contributed by atoms with Crippen molar-refractivity contribution in [3.63, 3.8) is 0 Å². The van der Waals surface area contributed by atoms with E-state index in [9.17, 15) is 14.9 Å². The molecule has 0 bridgehead atoms. The molecule has 1 aliphatic rings. The zero-order chi connectivity index (χ0) is 13.8. The van der Waals surface area contributed by atoms with Crippen LogP contribution in [-0.2, 0) is 9.47 Å². The molecule has 1 aliphatic heterocycles. The molecule has 1 heterocycles. The van der Waals surface area contributed by atoms with Crippen LogP contribution >= 0.6 is 0 Å². The topological polar surface area (TPSA) is 78.7 Å². The molecule has 1 aromatic carbocycles. The van der Waals surface area contributed by atoms with E-state index in [1.54, 1.807) is 0 Å². The minimum absolute atomic E-state index is 0.0489. The molecule has 6 nitrogen and oxygen atoms in total. The van der Waals surface area contributed by atoms with Crippen LogP contribution in [0.1, 0.15) is 30.1 Å². The largest absolute Gasteiger partial charge is 0.456 e. The number of nitrogens with zero attached hydrogens (tertiary/aromatic N) is 1. The van der Waals surface area contributed by atoms with Gasteiger partial charge in [-0.3, -0.25) is 10.1 Å². The summed E-state index contributed by atoms with van der Waals surface area (Å²) in [6, 6.07) is 5.38. The van der Waals surface area contributed by atoms with Gasteiger partial charge in [-0.15, -0.1) is 0 Å². The lowest BCUT2D eigenvalue weighted by Crippen LogP contribution is -2.26. The minimum atomic E-state index is -0.507. The summed E-state index contributed by atoms with van der Waals surface area (Å²) in [5, 5.41) is 10.5. The number of carbonyl (C=O) groups is 1. The maximum atomic E-state index is 11.9. The Kier molecular flexibility index (Phi) is 4.11. The summed E-state index contributed by atoms with van der Waals surface area (Å²) in [4.78, 5) is 21.9. The Balaban J connectivity index is 2.01. The molecule has 2 atom stereocenters. The van der Waals surface area contributed by atoms with E-state index in [4.69, 9.17) is 9.47 Å². The number of nitro groups is 1. The van der Waals surface area contributed by atoms with Crippen LogP contribution in [0.3, 0.4) is 0 Å². The van der Waals surface area contributed by atoms with Crippen LogP contribution in [0.2, 0.25) is 0 Å². The van der Waals surface area contributed by atoms with Crippen LogP contribution in [0.4, 0.5) is 5.69 Å². The van der Waals surface area contributed by atoms with Crippen LogP contribution in [-0.4, -0.2) is 29.7 Å². The van der Waals surface area contributed by atoms with Gasteiger partial charge in [0.15, 0.2) is 0 Å². The molecule has 6 heteroatoms. The molecule has 102 valence electrons. The van der Waals surface area contributed by atoms with E-state index in [0.29, 0.717) is 18.6 Å². The van der Waals surface area contributed by atoms with Crippen molar-refractivity contribution >= 4 is 11.7 Å². The fourth-order valence-corrected chi connectivity index (χ4v) is 2.07. The standard InChI is InChI=1S/C13H15NO5/c1-2-11-12(7-8-18-11)19-13(15)9-3-5-10(6-4-9)14(16)17/h3-6,11-12H,2,7-8H2,1H3/t11-,12+/m0/s1. The van der Waals surface area contributed by atoms with Gasteiger partial charge in [0.2, 0.25) is 0 Å². The summed E-state index contributed by atoms with van der Waals surface area (Å²) in [7, 11) is 0. The third kappa shape index (κ3) is 3.08. The molecule has 0 amide bonds. The van der Waals surface area contributed by atoms with E-state index in [0.717, 1.165) is 6.42 Å². The van der Waals surface area contributed by atoms with Crippen LogP contribution in [0, 0.1) is 10.1 Å². The molecule has 0 radical (unpaired) electrons. The maximum Gasteiger partial charge on any atom is 0.338 e. The molecule has 1 saturated heterocycles. The molecule has 0 spiro atoms. The van der Waals surface area contributed by atoms with E-state index in [2.05, 4.69) is 0 Å². The van der Waals surface area contributed by atoms with Gasteiger partial charge in [-0.2, -0.15) is 0 Å². The number of esters is 1. The Morgan fingerprint density at radius 3 is 2.74 bits per heavy atom. The molecule has 1 fully saturated rings. The number of benzene rings is 1. The zero-order valence-electron chi connectivity index (χ0n) is 10.6. The van der Waals surface area contributed by atoms with Gasteiger partial charge >= 0.3 is 5.97 Å².